The van der Waals surface area contributed by atoms with E-state index in [-0.39, 0.29) is 24.4 Å². The molecule has 0 aliphatic carbocycles. The van der Waals surface area contributed by atoms with E-state index in [4.69, 9.17) is 5.73 Å². The van der Waals surface area contributed by atoms with E-state index in [1.165, 1.54) is 0 Å². The zero-order valence-corrected chi connectivity index (χ0v) is 14.5. The number of halogens is 1. The maximum absolute atomic E-state index is 12.1. The van der Waals surface area contributed by atoms with Gasteiger partial charge in [-0.25, -0.2) is 4.79 Å². The lowest BCUT2D eigenvalue weighted by Gasteiger charge is -2.20. The van der Waals surface area contributed by atoms with Gasteiger partial charge in [0.15, 0.2) is 0 Å². The fourth-order valence-electron chi connectivity index (χ4n) is 1.98. The van der Waals surface area contributed by atoms with Crippen molar-refractivity contribution in [3.8, 4) is 0 Å². The highest BCUT2D eigenvalue weighted by atomic mass is 35.5. The standard InChI is InChI=1S/C16H26N4O2.ClH/c1-3-4-8-14(11-17)19-15(21)12(2)18-16(22)20-13-9-6-5-7-10-13;/h5-7,9-10,12,14H,3-4,8,11,17H2,1-2H3,(H,19,21)(H2,18,20,22);1H. The molecule has 1 aromatic carbocycles. The predicted molar refractivity (Wildman–Crippen MR) is 95.8 cm³/mol. The van der Waals surface area contributed by atoms with Crippen LogP contribution in [0.4, 0.5) is 10.5 Å². The maximum atomic E-state index is 12.1. The molecule has 0 aliphatic heterocycles. The molecule has 6 nitrogen and oxygen atoms in total. The van der Waals surface area contributed by atoms with E-state index in [2.05, 4.69) is 22.9 Å². The minimum Gasteiger partial charge on any atom is -0.350 e. The normalized spacial score (nSPS) is 12.5. The molecule has 0 bridgehead atoms. The van der Waals surface area contributed by atoms with Crippen molar-refractivity contribution in [3.05, 3.63) is 30.3 Å². The molecule has 1 rings (SSSR count). The van der Waals surface area contributed by atoms with Crippen LogP contribution in [-0.4, -0.2) is 30.6 Å². The van der Waals surface area contributed by atoms with E-state index in [1.807, 2.05) is 18.2 Å². The smallest absolute Gasteiger partial charge is 0.319 e. The van der Waals surface area contributed by atoms with Gasteiger partial charge in [0.1, 0.15) is 6.04 Å². The highest BCUT2D eigenvalue weighted by Crippen LogP contribution is 2.04. The van der Waals surface area contributed by atoms with Crippen LogP contribution in [0.2, 0.25) is 0 Å². The Labute approximate surface area is 144 Å². The van der Waals surface area contributed by atoms with Crippen molar-refractivity contribution in [3.63, 3.8) is 0 Å². The van der Waals surface area contributed by atoms with Crippen molar-refractivity contribution < 1.29 is 9.59 Å². The lowest BCUT2D eigenvalue weighted by molar-refractivity contribution is -0.123. The number of para-hydroxylation sites is 1. The predicted octanol–water partition coefficient (Wildman–Crippen LogP) is 2.25. The van der Waals surface area contributed by atoms with Gasteiger partial charge < -0.3 is 21.7 Å². The number of benzene rings is 1. The van der Waals surface area contributed by atoms with Crippen LogP contribution in [-0.2, 0) is 4.79 Å². The van der Waals surface area contributed by atoms with E-state index >= 15 is 0 Å². The van der Waals surface area contributed by atoms with E-state index in [9.17, 15) is 9.59 Å². The van der Waals surface area contributed by atoms with Crippen molar-refractivity contribution in [1.82, 2.24) is 10.6 Å². The van der Waals surface area contributed by atoms with Gasteiger partial charge in [-0.3, -0.25) is 4.79 Å². The second-order valence-electron chi connectivity index (χ2n) is 5.27. The van der Waals surface area contributed by atoms with Crippen LogP contribution in [0.1, 0.15) is 33.1 Å². The second-order valence-corrected chi connectivity index (χ2v) is 5.27. The third-order valence-electron chi connectivity index (χ3n) is 3.31. The number of carbonyl (C=O) groups is 2. The summed E-state index contributed by atoms with van der Waals surface area (Å²) in [6.45, 7) is 4.13. The molecular weight excluding hydrogens is 316 g/mol. The largest absolute Gasteiger partial charge is 0.350 e. The fourth-order valence-corrected chi connectivity index (χ4v) is 1.98. The topological polar surface area (TPSA) is 96.2 Å². The molecule has 0 saturated carbocycles. The second kappa shape index (κ2) is 11.7. The summed E-state index contributed by atoms with van der Waals surface area (Å²) in [6, 6.07) is 7.98. The fraction of sp³-hybridized carbons (Fsp3) is 0.500. The molecule has 0 aromatic heterocycles. The van der Waals surface area contributed by atoms with E-state index < -0.39 is 12.1 Å². The molecule has 7 heteroatoms. The van der Waals surface area contributed by atoms with Gasteiger partial charge in [-0.2, -0.15) is 0 Å². The molecule has 0 spiro atoms. The zero-order chi connectivity index (χ0) is 16.4. The first-order chi connectivity index (χ1) is 10.6. The van der Waals surface area contributed by atoms with Gasteiger partial charge in [-0.15, -0.1) is 12.4 Å². The highest BCUT2D eigenvalue weighted by molar-refractivity contribution is 5.93. The SMILES string of the molecule is CCCCC(CN)NC(=O)C(C)NC(=O)Nc1ccccc1.Cl. The summed E-state index contributed by atoms with van der Waals surface area (Å²) in [7, 11) is 0. The Morgan fingerprint density at radius 1 is 1.17 bits per heavy atom. The number of anilines is 1. The average molecular weight is 343 g/mol. The molecule has 0 fully saturated rings. The molecule has 2 atom stereocenters. The van der Waals surface area contributed by atoms with Gasteiger partial charge >= 0.3 is 6.03 Å². The minimum absolute atomic E-state index is 0. The Morgan fingerprint density at radius 3 is 2.39 bits per heavy atom. The molecular formula is C16H27ClN4O2. The van der Waals surface area contributed by atoms with E-state index in [0.717, 1.165) is 19.3 Å². The molecule has 0 radical (unpaired) electrons. The molecule has 0 heterocycles. The van der Waals surface area contributed by atoms with Crippen LogP contribution < -0.4 is 21.7 Å². The third kappa shape index (κ3) is 8.42. The van der Waals surface area contributed by atoms with Crippen LogP contribution in [0.25, 0.3) is 0 Å². The van der Waals surface area contributed by atoms with Crippen molar-refractivity contribution in [2.75, 3.05) is 11.9 Å². The number of hydrogen-bond acceptors (Lipinski definition) is 3. The zero-order valence-electron chi connectivity index (χ0n) is 13.7. The molecule has 3 amide bonds. The first-order valence-corrected chi connectivity index (χ1v) is 7.69. The molecule has 1 aromatic rings. The van der Waals surface area contributed by atoms with E-state index in [0.29, 0.717) is 12.2 Å². The number of amides is 3. The highest BCUT2D eigenvalue weighted by Gasteiger charge is 2.18. The van der Waals surface area contributed by atoms with Crippen molar-refractivity contribution in [2.45, 2.75) is 45.2 Å². The minimum atomic E-state index is -0.626. The van der Waals surface area contributed by atoms with Gasteiger partial charge in [-0.05, 0) is 25.5 Å². The van der Waals surface area contributed by atoms with Crippen molar-refractivity contribution >= 4 is 30.0 Å². The number of nitrogens with one attached hydrogen (secondary N) is 3. The monoisotopic (exact) mass is 342 g/mol. The lowest BCUT2D eigenvalue weighted by Crippen LogP contribution is -2.50. The van der Waals surface area contributed by atoms with Crippen LogP contribution >= 0.6 is 12.4 Å². The van der Waals surface area contributed by atoms with Crippen LogP contribution in [0.3, 0.4) is 0 Å². The molecule has 2 unspecified atom stereocenters. The average Bonchev–Trinajstić information content (AvgIpc) is 2.51. The summed E-state index contributed by atoms with van der Waals surface area (Å²) in [5, 5.41) is 8.15. The summed E-state index contributed by atoms with van der Waals surface area (Å²) >= 11 is 0. The summed E-state index contributed by atoms with van der Waals surface area (Å²) in [5.74, 6) is -0.227. The van der Waals surface area contributed by atoms with Crippen LogP contribution in [0.15, 0.2) is 30.3 Å². The number of carbonyl (C=O) groups excluding carboxylic acids is 2. The van der Waals surface area contributed by atoms with Crippen LogP contribution in [0, 0.1) is 0 Å². The molecule has 0 saturated heterocycles. The Bertz CT molecular complexity index is 470. The summed E-state index contributed by atoms with van der Waals surface area (Å²) in [5.41, 5.74) is 6.33. The Kier molecular flexibility index (Phi) is 10.8. The Morgan fingerprint density at radius 2 is 1.83 bits per heavy atom. The van der Waals surface area contributed by atoms with Gasteiger partial charge in [0, 0.05) is 18.3 Å². The quantitative estimate of drug-likeness (QED) is 0.583. The van der Waals surface area contributed by atoms with Gasteiger partial charge in [0.2, 0.25) is 5.91 Å². The number of urea groups is 1. The maximum Gasteiger partial charge on any atom is 0.319 e. The summed E-state index contributed by atoms with van der Waals surface area (Å²) < 4.78 is 0. The Hall–Kier alpha value is -1.79. The third-order valence-corrected chi connectivity index (χ3v) is 3.31. The van der Waals surface area contributed by atoms with Gasteiger partial charge in [0.05, 0.1) is 0 Å². The van der Waals surface area contributed by atoms with Crippen LogP contribution in [0.5, 0.6) is 0 Å². The van der Waals surface area contributed by atoms with Crippen molar-refractivity contribution in [1.29, 1.82) is 0 Å². The van der Waals surface area contributed by atoms with Gasteiger partial charge in [0.25, 0.3) is 0 Å². The molecule has 5 N–H and O–H groups in total. The number of unbranched alkanes of at least 4 members (excludes halogenated alkanes) is 1. The summed E-state index contributed by atoms with van der Waals surface area (Å²) in [4.78, 5) is 23.9. The lowest BCUT2D eigenvalue weighted by atomic mass is 10.1. The molecule has 0 aliphatic rings. The number of rotatable bonds is 8. The van der Waals surface area contributed by atoms with Crippen molar-refractivity contribution in [2.24, 2.45) is 5.73 Å². The molecule has 23 heavy (non-hydrogen) atoms. The van der Waals surface area contributed by atoms with E-state index in [1.54, 1.807) is 19.1 Å². The molecule has 130 valence electrons. The number of nitrogens with two attached hydrogens (primary N) is 1. The summed E-state index contributed by atoms with van der Waals surface area (Å²) in [6.07, 6.45) is 2.92. The number of hydrogen-bond donors (Lipinski definition) is 4. The van der Waals surface area contributed by atoms with Gasteiger partial charge in [-0.1, -0.05) is 38.0 Å². The first kappa shape index (κ1) is 21.2. The Balaban J connectivity index is 0.00000484. The first-order valence-electron chi connectivity index (χ1n) is 7.69.